The highest BCUT2D eigenvalue weighted by molar-refractivity contribution is 5.38. The second-order valence-electron chi connectivity index (χ2n) is 9.10. The van der Waals surface area contributed by atoms with Crippen LogP contribution in [0.25, 0.3) is 0 Å². The van der Waals surface area contributed by atoms with E-state index in [1.54, 1.807) is 19.5 Å². The third-order valence-electron chi connectivity index (χ3n) is 6.65. The molecule has 0 atom stereocenters. The van der Waals surface area contributed by atoms with Gasteiger partial charge in [0.15, 0.2) is 0 Å². The van der Waals surface area contributed by atoms with Gasteiger partial charge in [0.05, 0.1) is 13.3 Å². The molecule has 6 nitrogen and oxygen atoms in total. The third kappa shape index (κ3) is 5.69. The number of ether oxygens (including phenoxy) is 3. The minimum absolute atomic E-state index is 0.268. The van der Waals surface area contributed by atoms with Crippen LogP contribution in [0.1, 0.15) is 29.5 Å². The van der Waals surface area contributed by atoms with E-state index < -0.39 is 0 Å². The molecule has 6 heteroatoms. The van der Waals surface area contributed by atoms with Gasteiger partial charge in [-0.15, -0.1) is 0 Å². The molecule has 2 aliphatic rings. The number of rotatable bonds is 7. The third-order valence-corrected chi connectivity index (χ3v) is 6.65. The number of piperidine rings is 1. The summed E-state index contributed by atoms with van der Waals surface area (Å²) in [5.41, 5.74) is 3.81. The number of para-hydroxylation sites is 1. The van der Waals surface area contributed by atoms with Crippen LogP contribution in [0.4, 0.5) is 0 Å². The Hall–Kier alpha value is -3.09. The average Bonchev–Trinajstić information content (AvgIpc) is 3.07. The zero-order valence-electron chi connectivity index (χ0n) is 19.9. The van der Waals surface area contributed by atoms with Crippen LogP contribution in [0.5, 0.6) is 17.2 Å². The van der Waals surface area contributed by atoms with E-state index in [-0.39, 0.29) is 6.10 Å². The average molecular weight is 460 g/mol. The Balaban J connectivity index is 1.19. The first kappa shape index (κ1) is 22.7. The summed E-state index contributed by atoms with van der Waals surface area (Å²) >= 11 is 0. The Kier molecular flexibility index (Phi) is 7.27. The Bertz CT molecular complexity index is 1070. The number of methoxy groups -OCH3 is 1. The van der Waals surface area contributed by atoms with E-state index in [4.69, 9.17) is 14.2 Å². The summed E-state index contributed by atoms with van der Waals surface area (Å²) in [4.78, 5) is 9.11. The van der Waals surface area contributed by atoms with Crippen molar-refractivity contribution in [2.24, 2.45) is 0 Å². The van der Waals surface area contributed by atoms with Crippen molar-refractivity contribution >= 4 is 0 Å². The molecule has 1 aromatic heterocycles. The lowest BCUT2D eigenvalue weighted by atomic mass is 10.0. The van der Waals surface area contributed by atoms with E-state index in [0.29, 0.717) is 6.61 Å². The molecule has 1 saturated heterocycles. The van der Waals surface area contributed by atoms with Gasteiger partial charge in [0.25, 0.3) is 0 Å². The van der Waals surface area contributed by atoms with Gasteiger partial charge in [-0.25, -0.2) is 0 Å². The van der Waals surface area contributed by atoms with Crippen LogP contribution < -0.4 is 14.2 Å². The van der Waals surface area contributed by atoms with Gasteiger partial charge in [0, 0.05) is 56.6 Å². The zero-order valence-corrected chi connectivity index (χ0v) is 19.9. The smallest absolute Gasteiger partial charge is 0.137 e. The van der Waals surface area contributed by atoms with Gasteiger partial charge in [-0.1, -0.05) is 24.3 Å². The van der Waals surface area contributed by atoms with E-state index in [9.17, 15) is 0 Å². The predicted octanol–water partition coefficient (Wildman–Crippen LogP) is 4.53. The molecule has 0 unspecified atom stereocenters. The summed E-state index contributed by atoms with van der Waals surface area (Å²) in [6.45, 7) is 6.36. The second-order valence-corrected chi connectivity index (χ2v) is 9.10. The standard InChI is InChI=1S/C28H33N3O3/c1-32-27-7-3-2-5-23(27)20-31-15-16-33-28-9-8-22(17-24(28)21-31)19-30-13-10-25(11-14-30)34-26-6-4-12-29-18-26/h2-9,12,17-18,25H,10-11,13-16,19-21H2,1H3. The quantitative estimate of drug-likeness (QED) is 0.517. The van der Waals surface area contributed by atoms with Gasteiger partial charge in [0.1, 0.15) is 30.0 Å². The molecule has 0 aliphatic carbocycles. The van der Waals surface area contributed by atoms with Gasteiger partial charge in [-0.2, -0.15) is 0 Å². The van der Waals surface area contributed by atoms with Crippen LogP contribution in [0.3, 0.4) is 0 Å². The molecule has 0 bridgehead atoms. The molecular weight excluding hydrogens is 426 g/mol. The first-order valence-electron chi connectivity index (χ1n) is 12.1. The van der Waals surface area contributed by atoms with Gasteiger partial charge >= 0.3 is 0 Å². The Labute approximate surface area is 202 Å². The fourth-order valence-corrected chi connectivity index (χ4v) is 4.86. The summed E-state index contributed by atoms with van der Waals surface area (Å²) < 4.78 is 17.7. The maximum atomic E-state index is 6.10. The molecule has 0 amide bonds. The van der Waals surface area contributed by atoms with Crippen LogP contribution in [-0.4, -0.2) is 54.2 Å². The lowest BCUT2D eigenvalue weighted by molar-refractivity contribution is 0.0965. The lowest BCUT2D eigenvalue weighted by Crippen LogP contribution is -2.37. The van der Waals surface area contributed by atoms with Crippen molar-refractivity contribution in [3.05, 3.63) is 83.7 Å². The molecule has 0 N–H and O–H groups in total. The number of nitrogens with zero attached hydrogens (tertiary/aromatic N) is 3. The lowest BCUT2D eigenvalue weighted by Gasteiger charge is -2.32. The monoisotopic (exact) mass is 459 g/mol. The zero-order chi connectivity index (χ0) is 23.2. The molecule has 2 aromatic carbocycles. The van der Waals surface area contributed by atoms with Crippen molar-refractivity contribution < 1.29 is 14.2 Å². The number of benzene rings is 2. The normalized spacial score (nSPS) is 17.4. The second kappa shape index (κ2) is 10.9. The SMILES string of the molecule is COc1ccccc1CN1CCOc2ccc(CN3CCC(Oc4cccnc4)CC3)cc2C1. The highest BCUT2D eigenvalue weighted by atomic mass is 16.5. The molecule has 5 rings (SSSR count). The van der Waals surface area contributed by atoms with E-state index in [2.05, 4.69) is 45.1 Å². The first-order chi connectivity index (χ1) is 16.8. The first-order valence-corrected chi connectivity index (χ1v) is 12.1. The fourth-order valence-electron chi connectivity index (χ4n) is 4.86. The molecule has 3 aromatic rings. The van der Waals surface area contributed by atoms with Crippen molar-refractivity contribution in [2.75, 3.05) is 33.4 Å². The van der Waals surface area contributed by atoms with Crippen LogP contribution in [0.15, 0.2) is 67.0 Å². The van der Waals surface area contributed by atoms with Crippen molar-refractivity contribution in [1.82, 2.24) is 14.8 Å². The van der Waals surface area contributed by atoms with Gasteiger partial charge < -0.3 is 14.2 Å². The summed E-state index contributed by atoms with van der Waals surface area (Å²) in [5.74, 6) is 2.82. The summed E-state index contributed by atoms with van der Waals surface area (Å²) in [6, 6.07) is 18.9. The van der Waals surface area contributed by atoms with Crippen LogP contribution in [0, 0.1) is 0 Å². The van der Waals surface area contributed by atoms with Gasteiger partial charge in [-0.3, -0.25) is 14.8 Å². The number of likely N-dealkylation sites (tertiary alicyclic amines) is 1. The molecule has 0 radical (unpaired) electrons. The molecule has 2 aliphatic heterocycles. The van der Waals surface area contributed by atoms with Crippen molar-refractivity contribution in [2.45, 2.75) is 38.6 Å². The summed E-state index contributed by atoms with van der Waals surface area (Å²) in [7, 11) is 1.74. The number of hydrogen-bond donors (Lipinski definition) is 0. The minimum atomic E-state index is 0.268. The summed E-state index contributed by atoms with van der Waals surface area (Å²) in [5, 5.41) is 0. The van der Waals surface area contributed by atoms with Crippen LogP contribution >= 0.6 is 0 Å². The number of hydrogen-bond acceptors (Lipinski definition) is 6. The largest absolute Gasteiger partial charge is 0.496 e. The van der Waals surface area contributed by atoms with Gasteiger partial charge in [0.2, 0.25) is 0 Å². The Morgan fingerprint density at radius 1 is 0.971 bits per heavy atom. The molecule has 3 heterocycles. The van der Waals surface area contributed by atoms with E-state index in [0.717, 1.165) is 69.4 Å². The number of pyridine rings is 1. The minimum Gasteiger partial charge on any atom is -0.496 e. The Morgan fingerprint density at radius 3 is 2.68 bits per heavy atom. The maximum Gasteiger partial charge on any atom is 0.137 e. The van der Waals surface area contributed by atoms with Gasteiger partial charge in [-0.05, 0) is 48.7 Å². The van der Waals surface area contributed by atoms with Crippen molar-refractivity contribution in [3.8, 4) is 17.2 Å². The maximum absolute atomic E-state index is 6.10. The topological polar surface area (TPSA) is 47.1 Å². The molecule has 1 fully saturated rings. The highest BCUT2D eigenvalue weighted by Crippen LogP contribution is 2.28. The molecule has 0 spiro atoms. The Morgan fingerprint density at radius 2 is 1.85 bits per heavy atom. The van der Waals surface area contributed by atoms with E-state index in [1.807, 2.05) is 24.3 Å². The molecule has 34 heavy (non-hydrogen) atoms. The number of aromatic nitrogens is 1. The molecular formula is C28H33N3O3. The van der Waals surface area contributed by atoms with E-state index >= 15 is 0 Å². The fraction of sp³-hybridized carbons (Fsp3) is 0.393. The summed E-state index contributed by atoms with van der Waals surface area (Å²) in [6.07, 6.45) is 5.91. The molecule has 0 saturated carbocycles. The highest BCUT2D eigenvalue weighted by Gasteiger charge is 2.22. The van der Waals surface area contributed by atoms with Crippen molar-refractivity contribution in [1.29, 1.82) is 0 Å². The van der Waals surface area contributed by atoms with Crippen LogP contribution in [-0.2, 0) is 19.6 Å². The number of fused-ring (bicyclic) bond motifs is 1. The molecule has 178 valence electrons. The van der Waals surface area contributed by atoms with Crippen molar-refractivity contribution in [3.63, 3.8) is 0 Å². The predicted molar refractivity (Wildman–Crippen MR) is 132 cm³/mol. The van der Waals surface area contributed by atoms with E-state index in [1.165, 1.54) is 16.7 Å². The van der Waals surface area contributed by atoms with Crippen LogP contribution in [0.2, 0.25) is 0 Å².